The van der Waals surface area contributed by atoms with Crippen LogP contribution in [0.2, 0.25) is 0 Å². The van der Waals surface area contributed by atoms with Crippen molar-refractivity contribution < 1.29 is 4.79 Å². The molecule has 1 fully saturated rings. The lowest BCUT2D eigenvalue weighted by atomic mass is 10.1. The molecule has 110 valence electrons. The average Bonchev–Trinajstić information content (AvgIpc) is 2.96. The molecule has 1 amide bonds. The van der Waals surface area contributed by atoms with E-state index in [1.807, 2.05) is 19.2 Å². The van der Waals surface area contributed by atoms with E-state index >= 15 is 0 Å². The Morgan fingerprint density at radius 1 is 1.45 bits per heavy atom. The third-order valence-electron chi connectivity index (χ3n) is 3.89. The van der Waals surface area contributed by atoms with Crippen LogP contribution in [0.15, 0.2) is 18.3 Å². The second-order valence-electron chi connectivity index (χ2n) is 5.59. The van der Waals surface area contributed by atoms with Crippen LogP contribution < -0.4 is 5.32 Å². The van der Waals surface area contributed by atoms with Crippen LogP contribution >= 0.6 is 0 Å². The molecule has 1 aliphatic rings. The van der Waals surface area contributed by atoms with Crippen molar-refractivity contribution in [2.24, 2.45) is 0 Å². The van der Waals surface area contributed by atoms with Gasteiger partial charge in [-0.2, -0.15) is 0 Å². The third-order valence-corrected chi connectivity index (χ3v) is 3.89. The lowest BCUT2D eigenvalue weighted by molar-refractivity contribution is -0.122. The molecular weight excluding hydrogens is 250 g/mol. The first-order valence-corrected chi connectivity index (χ1v) is 7.63. The number of hydrogen-bond acceptors (Lipinski definition) is 3. The Bertz CT molecular complexity index is 441. The van der Waals surface area contributed by atoms with E-state index in [9.17, 15) is 4.79 Å². The van der Waals surface area contributed by atoms with Gasteiger partial charge < -0.3 is 10.2 Å². The molecule has 2 heterocycles. The van der Waals surface area contributed by atoms with Crippen molar-refractivity contribution in [3.05, 3.63) is 29.6 Å². The van der Waals surface area contributed by atoms with Crippen molar-refractivity contribution in [2.75, 3.05) is 19.6 Å². The van der Waals surface area contributed by atoms with Crippen LogP contribution in [0.5, 0.6) is 0 Å². The standard InChI is InChI=1S/C16H25N3O/c1-3-14(15-12-13(2)6-8-17-15)18-16(20)7-11-19-9-4-5-10-19/h6,8,12,14H,3-5,7,9-11H2,1-2H3,(H,18,20)/t14-/m0/s1. The number of nitrogens with zero attached hydrogens (tertiary/aromatic N) is 2. The maximum Gasteiger partial charge on any atom is 0.221 e. The number of likely N-dealkylation sites (tertiary alicyclic amines) is 1. The van der Waals surface area contributed by atoms with Gasteiger partial charge in [-0.1, -0.05) is 6.92 Å². The van der Waals surface area contributed by atoms with Gasteiger partial charge in [0.05, 0.1) is 11.7 Å². The number of hydrogen-bond donors (Lipinski definition) is 1. The zero-order chi connectivity index (χ0) is 14.4. The fourth-order valence-electron chi connectivity index (χ4n) is 2.67. The van der Waals surface area contributed by atoms with E-state index in [4.69, 9.17) is 0 Å². The topological polar surface area (TPSA) is 45.2 Å². The fourth-order valence-corrected chi connectivity index (χ4v) is 2.67. The summed E-state index contributed by atoms with van der Waals surface area (Å²) >= 11 is 0. The highest BCUT2D eigenvalue weighted by atomic mass is 16.1. The van der Waals surface area contributed by atoms with Gasteiger partial charge in [-0.15, -0.1) is 0 Å². The Kier molecular flexibility index (Phi) is 5.53. The number of nitrogens with one attached hydrogen (secondary N) is 1. The molecular formula is C16H25N3O. The molecule has 0 radical (unpaired) electrons. The minimum atomic E-state index is 0.0287. The van der Waals surface area contributed by atoms with Crippen molar-refractivity contribution in [1.29, 1.82) is 0 Å². The molecule has 1 atom stereocenters. The maximum absolute atomic E-state index is 12.1. The van der Waals surface area contributed by atoms with Gasteiger partial charge in [-0.25, -0.2) is 0 Å². The van der Waals surface area contributed by atoms with Crippen molar-refractivity contribution in [1.82, 2.24) is 15.2 Å². The predicted molar refractivity (Wildman–Crippen MR) is 80.4 cm³/mol. The fraction of sp³-hybridized carbons (Fsp3) is 0.625. The predicted octanol–water partition coefficient (Wildman–Crippen LogP) is 2.44. The van der Waals surface area contributed by atoms with E-state index in [2.05, 4.69) is 28.2 Å². The molecule has 0 saturated carbocycles. The smallest absolute Gasteiger partial charge is 0.221 e. The monoisotopic (exact) mass is 275 g/mol. The third kappa shape index (κ3) is 4.30. The van der Waals surface area contributed by atoms with Crippen LogP contribution in [0.4, 0.5) is 0 Å². The molecule has 0 bridgehead atoms. The molecule has 0 aliphatic carbocycles. The normalized spacial score (nSPS) is 17.1. The van der Waals surface area contributed by atoms with E-state index in [-0.39, 0.29) is 11.9 Å². The largest absolute Gasteiger partial charge is 0.348 e. The summed E-state index contributed by atoms with van der Waals surface area (Å²) < 4.78 is 0. The van der Waals surface area contributed by atoms with E-state index in [0.29, 0.717) is 6.42 Å². The lowest BCUT2D eigenvalue weighted by Crippen LogP contribution is -2.32. The summed E-state index contributed by atoms with van der Waals surface area (Å²) in [5.41, 5.74) is 2.14. The molecule has 1 aromatic rings. The first kappa shape index (κ1) is 15.0. The van der Waals surface area contributed by atoms with Crippen LogP contribution in [0.3, 0.4) is 0 Å². The Labute approximate surface area is 121 Å². The van der Waals surface area contributed by atoms with Crippen molar-refractivity contribution in [2.45, 2.75) is 45.6 Å². The molecule has 1 N–H and O–H groups in total. The van der Waals surface area contributed by atoms with Crippen LogP contribution in [0, 0.1) is 6.92 Å². The van der Waals surface area contributed by atoms with Crippen LogP contribution in [0.25, 0.3) is 0 Å². The lowest BCUT2D eigenvalue weighted by Gasteiger charge is -2.18. The zero-order valence-corrected chi connectivity index (χ0v) is 12.6. The summed E-state index contributed by atoms with van der Waals surface area (Å²) in [5.74, 6) is 0.132. The number of carbonyl (C=O) groups excluding carboxylic acids is 1. The second kappa shape index (κ2) is 7.39. The van der Waals surface area contributed by atoms with Gasteiger partial charge in [0.15, 0.2) is 0 Å². The second-order valence-corrected chi connectivity index (χ2v) is 5.59. The number of amides is 1. The number of aryl methyl sites for hydroxylation is 1. The molecule has 0 aromatic carbocycles. The molecule has 1 aliphatic heterocycles. The highest BCUT2D eigenvalue weighted by Gasteiger charge is 2.16. The number of rotatable bonds is 6. The number of pyridine rings is 1. The van der Waals surface area contributed by atoms with Gasteiger partial charge in [0.1, 0.15) is 0 Å². The minimum Gasteiger partial charge on any atom is -0.348 e. The maximum atomic E-state index is 12.1. The Morgan fingerprint density at radius 3 is 2.85 bits per heavy atom. The summed E-state index contributed by atoms with van der Waals surface area (Å²) in [7, 11) is 0. The first-order valence-electron chi connectivity index (χ1n) is 7.63. The summed E-state index contributed by atoms with van der Waals surface area (Å²) in [4.78, 5) is 18.8. The molecule has 20 heavy (non-hydrogen) atoms. The van der Waals surface area contributed by atoms with Crippen LogP contribution in [-0.2, 0) is 4.79 Å². The summed E-state index contributed by atoms with van der Waals surface area (Å²) in [6.45, 7) is 7.29. The van der Waals surface area contributed by atoms with Crippen molar-refractivity contribution >= 4 is 5.91 Å². The Hall–Kier alpha value is -1.42. The van der Waals surface area contributed by atoms with Gasteiger partial charge in [0.2, 0.25) is 5.91 Å². The molecule has 4 heteroatoms. The molecule has 1 aromatic heterocycles. The van der Waals surface area contributed by atoms with E-state index < -0.39 is 0 Å². The first-order chi connectivity index (χ1) is 9.69. The van der Waals surface area contributed by atoms with Gasteiger partial charge in [0, 0.05) is 19.2 Å². The van der Waals surface area contributed by atoms with Gasteiger partial charge in [-0.05, 0) is 57.0 Å². The van der Waals surface area contributed by atoms with Crippen molar-refractivity contribution in [3.63, 3.8) is 0 Å². The summed E-state index contributed by atoms with van der Waals surface area (Å²) in [5, 5.41) is 3.11. The van der Waals surface area contributed by atoms with Gasteiger partial charge >= 0.3 is 0 Å². The van der Waals surface area contributed by atoms with E-state index in [1.54, 1.807) is 0 Å². The van der Waals surface area contributed by atoms with Crippen molar-refractivity contribution in [3.8, 4) is 0 Å². The SMILES string of the molecule is CC[C@H](NC(=O)CCN1CCCC1)c1cc(C)ccn1. The molecule has 0 unspecified atom stereocenters. The number of carbonyl (C=O) groups is 1. The highest BCUT2D eigenvalue weighted by molar-refractivity contribution is 5.76. The number of aromatic nitrogens is 1. The minimum absolute atomic E-state index is 0.0287. The van der Waals surface area contributed by atoms with Gasteiger partial charge in [0.25, 0.3) is 0 Å². The van der Waals surface area contributed by atoms with E-state index in [1.165, 1.54) is 18.4 Å². The summed E-state index contributed by atoms with van der Waals surface area (Å²) in [6.07, 6.45) is 5.80. The molecule has 1 saturated heterocycles. The molecule has 2 rings (SSSR count). The van der Waals surface area contributed by atoms with Crippen LogP contribution in [0.1, 0.15) is 49.9 Å². The Balaban J connectivity index is 1.84. The summed E-state index contributed by atoms with van der Waals surface area (Å²) in [6, 6.07) is 4.06. The zero-order valence-electron chi connectivity index (χ0n) is 12.6. The van der Waals surface area contributed by atoms with Gasteiger partial charge in [-0.3, -0.25) is 9.78 Å². The average molecular weight is 275 g/mol. The van der Waals surface area contributed by atoms with E-state index in [0.717, 1.165) is 31.7 Å². The molecule has 4 nitrogen and oxygen atoms in total. The Morgan fingerprint density at radius 2 is 2.20 bits per heavy atom. The quantitative estimate of drug-likeness (QED) is 0.867. The van der Waals surface area contributed by atoms with Crippen LogP contribution in [-0.4, -0.2) is 35.4 Å². The molecule has 0 spiro atoms. The highest BCUT2D eigenvalue weighted by Crippen LogP contribution is 2.15.